The van der Waals surface area contributed by atoms with Crippen LogP contribution < -0.4 is 15.4 Å². The number of likely N-dealkylation sites (N-methyl/N-ethyl adjacent to an activating group) is 1. The maximum Gasteiger partial charge on any atom is 0.573 e. The molecule has 1 unspecified atom stereocenters. The third-order valence-electron chi connectivity index (χ3n) is 5.42. The number of nitrogens with zero attached hydrogens (tertiary/aromatic N) is 5. The van der Waals surface area contributed by atoms with Crippen LogP contribution in [-0.4, -0.2) is 77.0 Å². The molecule has 3 aromatic rings. The Morgan fingerprint density at radius 1 is 1.11 bits per heavy atom. The Morgan fingerprint density at radius 3 is 2.58 bits per heavy atom. The van der Waals surface area contributed by atoms with Crippen LogP contribution in [0.15, 0.2) is 68.0 Å². The molecule has 0 saturated carbocycles. The Bertz CT molecular complexity index is 1220. The van der Waals surface area contributed by atoms with Crippen LogP contribution >= 0.6 is 11.8 Å². The highest BCUT2D eigenvalue weighted by atomic mass is 32.2. The number of anilines is 1. The number of rotatable bonds is 5. The van der Waals surface area contributed by atoms with Gasteiger partial charge in [0.15, 0.2) is 17.1 Å². The van der Waals surface area contributed by atoms with Gasteiger partial charge in [0.1, 0.15) is 11.4 Å². The van der Waals surface area contributed by atoms with E-state index in [0.29, 0.717) is 34.1 Å². The van der Waals surface area contributed by atoms with Gasteiger partial charge in [-0.05, 0) is 43.4 Å². The lowest BCUT2D eigenvalue weighted by Crippen LogP contribution is -2.55. The highest BCUT2D eigenvalue weighted by Gasteiger charge is 2.31. The molecule has 1 aromatic carbocycles. The Morgan fingerprint density at radius 2 is 1.89 bits per heavy atom. The zero-order valence-electron chi connectivity index (χ0n) is 19.1. The van der Waals surface area contributed by atoms with E-state index in [1.807, 2.05) is 6.07 Å². The van der Waals surface area contributed by atoms with Crippen molar-refractivity contribution in [3.8, 4) is 17.2 Å². The minimum Gasteiger partial charge on any atom is -0.463 e. The molecular formula is C22H23F3N8O2S. The number of furan rings is 1. The number of benzene rings is 1. The average Bonchev–Trinajstić information content (AvgIpc) is 3.52. The number of ether oxygens (including phenoxy) is 1. The summed E-state index contributed by atoms with van der Waals surface area (Å²) in [5.41, 5.74) is 0.139. The first-order valence-corrected chi connectivity index (χ1v) is 11.9. The van der Waals surface area contributed by atoms with E-state index in [9.17, 15) is 13.2 Å². The molecule has 1 saturated heterocycles. The lowest BCUT2D eigenvalue weighted by Gasteiger charge is -2.36. The summed E-state index contributed by atoms with van der Waals surface area (Å²) in [6.07, 6.45) is -3.15. The first-order chi connectivity index (χ1) is 17.3. The minimum atomic E-state index is -4.74. The van der Waals surface area contributed by atoms with Crippen molar-refractivity contribution in [2.75, 3.05) is 38.5 Å². The lowest BCUT2D eigenvalue weighted by atomic mass is 10.3. The molecule has 0 amide bonds. The summed E-state index contributed by atoms with van der Waals surface area (Å²) in [7, 11) is 2.07. The molecule has 5 rings (SSSR count). The van der Waals surface area contributed by atoms with Crippen molar-refractivity contribution in [1.82, 2.24) is 25.3 Å². The van der Waals surface area contributed by atoms with Crippen LogP contribution in [0.25, 0.3) is 11.5 Å². The maximum absolute atomic E-state index is 12.5. The van der Waals surface area contributed by atoms with E-state index in [2.05, 4.69) is 47.4 Å². The Hall–Kier alpha value is -3.65. The van der Waals surface area contributed by atoms with E-state index in [1.54, 1.807) is 30.5 Å². The highest BCUT2D eigenvalue weighted by molar-refractivity contribution is 8.00. The molecule has 0 spiro atoms. The fourth-order valence-corrected chi connectivity index (χ4v) is 4.46. The van der Waals surface area contributed by atoms with E-state index in [4.69, 9.17) is 9.41 Å². The van der Waals surface area contributed by atoms with Crippen molar-refractivity contribution in [1.29, 1.82) is 0 Å². The van der Waals surface area contributed by atoms with Gasteiger partial charge in [0.05, 0.1) is 6.26 Å². The standard InChI is InChI=1S/C22H23F3N8O2S/c1-32-8-10-33(11-9-32)20-27-19(26-18-13-16(30-31-18)17-3-2-12-34-17)28-21(29-20)36-15-6-4-14(5-7-15)35-22(23,24)25/h2-7,12-13,21H,8-11H2,1H3,(H3,26,27,28,29,30,31). The van der Waals surface area contributed by atoms with Crippen molar-refractivity contribution in [3.63, 3.8) is 0 Å². The number of aromatic nitrogens is 2. The molecule has 0 radical (unpaired) electrons. The Kier molecular flexibility index (Phi) is 6.78. The summed E-state index contributed by atoms with van der Waals surface area (Å²) < 4.78 is 46.7. The number of hydrogen-bond acceptors (Lipinski definition) is 10. The van der Waals surface area contributed by atoms with Gasteiger partial charge < -0.3 is 24.3 Å². The Balaban J connectivity index is 1.33. The van der Waals surface area contributed by atoms with Crippen LogP contribution in [0.5, 0.6) is 5.75 Å². The van der Waals surface area contributed by atoms with Crippen LogP contribution in [0.4, 0.5) is 19.0 Å². The number of nitrogens with one attached hydrogen (secondary N) is 3. The van der Waals surface area contributed by atoms with E-state index in [0.717, 1.165) is 26.2 Å². The number of H-pyrrole nitrogens is 1. The van der Waals surface area contributed by atoms with Crippen LogP contribution in [0.3, 0.4) is 0 Å². The summed E-state index contributed by atoms with van der Waals surface area (Å²) >= 11 is 1.30. The second kappa shape index (κ2) is 10.1. The van der Waals surface area contributed by atoms with Crippen molar-refractivity contribution < 1.29 is 22.3 Å². The Labute approximate surface area is 208 Å². The molecule has 2 aromatic heterocycles. The second-order valence-electron chi connectivity index (χ2n) is 8.08. The highest BCUT2D eigenvalue weighted by Crippen LogP contribution is 2.30. The van der Waals surface area contributed by atoms with E-state index in [-0.39, 0.29) is 5.75 Å². The molecular weight excluding hydrogens is 497 g/mol. The number of guanidine groups is 2. The third-order valence-corrected chi connectivity index (χ3v) is 6.38. The molecule has 0 bridgehead atoms. The largest absolute Gasteiger partial charge is 0.573 e. The van der Waals surface area contributed by atoms with Crippen LogP contribution in [0.1, 0.15) is 0 Å². The molecule has 0 aliphatic carbocycles. The molecule has 1 atom stereocenters. The molecule has 3 N–H and O–H groups in total. The lowest BCUT2D eigenvalue weighted by molar-refractivity contribution is -0.274. The topological polar surface area (TPSA) is 106 Å². The van der Waals surface area contributed by atoms with Gasteiger partial charge in [0, 0.05) is 37.1 Å². The van der Waals surface area contributed by atoms with Gasteiger partial charge in [-0.2, -0.15) is 5.10 Å². The number of alkyl halides is 3. The van der Waals surface area contributed by atoms with E-state index < -0.39 is 11.9 Å². The maximum atomic E-state index is 12.5. The molecule has 2 aliphatic rings. The number of thioether (sulfide) groups is 1. The molecule has 14 heteroatoms. The minimum absolute atomic E-state index is 0.282. The predicted molar refractivity (Wildman–Crippen MR) is 130 cm³/mol. The van der Waals surface area contributed by atoms with Gasteiger partial charge in [-0.1, -0.05) is 11.8 Å². The van der Waals surface area contributed by atoms with Crippen LogP contribution in [0.2, 0.25) is 0 Å². The van der Waals surface area contributed by atoms with Gasteiger partial charge in [0.25, 0.3) is 0 Å². The summed E-state index contributed by atoms with van der Waals surface area (Å²) in [4.78, 5) is 14.4. The normalized spacial score (nSPS) is 18.9. The zero-order chi connectivity index (χ0) is 25.1. The quantitative estimate of drug-likeness (QED) is 0.469. The average molecular weight is 521 g/mol. The summed E-state index contributed by atoms with van der Waals surface area (Å²) in [6, 6.07) is 11.0. The number of aliphatic imine (C=N–C) groups is 2. The van der Waals surface area contributed by atoms with Crippen LogP contribution in [0, 0.1) is 0 Å². The van der Waals surface area contributed by atoms with Crippen LogP contribution in [-0.2, 0) is 0 Å². The molecule has 2 aliphatic heterocycles. The van der Waals surface area contributed by atoms with Crippen molar-refractivity contribution in [3.05, 3.63) is 48.7 Å². The van der Waals surface area contributed by atoms with Gasteiger partial charge >= 0.3 is 6.36 Å². The second-order valence-corrected chi connectivity index (χ2v) is 9.21. The zero-order valence-corrected chi connectivity index (χ0v) is 19.9. The SMILES string of the molecule is CN1CCN(C2=NC(Sc3ccc(OC(F)(F)F)cc3)N=C(Nc3cc(-c4ccco4)[nH]n3)N2)CC1. The fraction of sp³-hybridized carbons (Fsp3) is 0.318. The van der Waals surface area contributed by atoms with Crippen molar-refractivity contribution in [2.45, 2.75) is 16.8 Å². The molecule has 4 heterocycles. The number of halogens is 3. The first-order valence-electron chi connectivity index (χ1n) is 11.1. The van der Waals surface area contributed by atoms with Crippen molar-refractivity contribution >= 4 is 29.5 Å². The van der Waals surface area contributed by atoms with Gasteiger partial charge in [-0.3, -0.25) is 10.4 Å². The molecule has 1 fully saturated rings. The summed E-state index contributed by atoms with van der Waals surface area (Å²) in [5, 5.41) is 13.6. The first kappa shape index (κ1) is 24.1. The third kappa shape index (κ3) is 6.12. The fourth-order valence-electron chi connectivity index (χ4n) is 3.62. The van der Waals surface area contributed by atoms with Crippen molar-refractivity contribution in [2.24, 2.45) is 9.98 Å². The monoisotopic (exact) mass is 520 g/mol. The molecule has 36 heavy (non-hydrogen) atoms. The number of aromatic amines is 1. The number of piperazine rings is 1. The van der Waals surface area contributed by atoms with Gasteiger partial charge in [-0.15, -0.1) is 13.2 Å². The van der Waals surface area contributed by atoms with Gasteiger partial charge in [0.2, 0.25) is 11.9 Å². The molecule has 10 nitrogen and oxygen atoms in total. The van der Waals surface area contributed by atoms with E-state index >= 15 is 0 Å². The summed E-state index contributed by atoms with van der Waals surface area (Å²) in [5.74, 6) is 2.02. The van der Waals surface area contributed by atoms with Gasteiger partial charge in [-0.25, -0.2) is 9.98 Å². The predicted octanol–water partition coefficient (Wildman–Crippen LogP) is 3.62. The smallest absolute Gasteiger partial charge is 0.463 e. The summed E-state index contributed by atoms with van der Waals surface area (Å²) in [6.45, 7) is 3.37. The molecule has 190 valence electrons. The van der Waals surface area contributed by atoms with E-state index in [1.165, 1.54) is 23.9 Å². The number of hydrogen-bond donors (Lipinski definition) is 3.